The van der Waals surface area contributed by atoms with Gasteiger partial charge in [0.1, 0.15) is 18.1 Å². The summed E-state index contributed by atoms with van der Waals surface area (Å²) in [5.74, 6) is 1.53. The Hall–Kier alpha value is -2.54. The molecule has 152 valence electrons. The molecule has 2 aromatic rings. The summed E-state index contributed by atoms with van der Waals surface area (Å²) in [4.78, 5) is 12.1. The first-order valence-electron chi connectivity index (χ1n) is 9.31. The second-order valence-electron chi connectivity index (χ2n) is 8.01. The van der Waals surface area contributed by atoms with E-state index < -0.39 is 5.91 Å². The summed E-state index contributed by atoms with van der Waals surface area (Å²) < 4.78 is 11.3. The Morgan fingerprint density at radius 2 is 1.79 bits per heavy atom. The summed E-state index contributed by atoms with van der Waals surface area (Å²) in [6.07, 6.45) is 0. The van der Waals surface area contributed by atoms with Gasteiger partial charge in [-0.25, -0.2) is 0 Å². The monoisotopic (exact) mass is 403 g/mol. The first kappa shape index (κ1) is 21.8. The van der Waals surface area contributed by atoms with Crippen LogP contribution in [0.5, 0.6) is 5.75 Å². The minimum atomic E-state index is -0.408. The normalized spacial score (nSPS) is 11.2. The molecule has 0 radical (unpaired) electrons. The number of carbonyl (C=O) groups excluding carboxylic acids is 1. The molecule has 1 aromatic carbocycles. The van der Waals surface area contributed by atoms with E-state index >= 15 is 0 Å². The van der Waals surface area contributed by atoms with Crippen LogP contribution in [0, 0.1) is 5.92 Å². The summed E-state index contributed by atoms with van der Waals surface area (Å²) >= 11 is 5.09. The van der Waals surface area contributed by atoms with E-state index in [0.717, 1.165) is 12.3 Å². The molecule has 0 aliphatic heterocycles. The summed E-state index contributed by atoms with van der Waals surface area (Å²) in [6, 6.07) is 11.3. The van der Waals surface area contributed by atoms with Gasteiger partial charge in [0.05, 0.1) is 0 Å². The van der Waals surface area contributed by atoms with Crippen molar-refractivity contribution in [2.45, 2.75) is 46.6 Å². The summed E-state index contributed by atoms with van der Waals surface area (Å²) in [7, 11) is 0. The summed E-state index contributed by atoms with van der Waals surface area (Å²) in [5, 5.41) is 3.36. The van der Waals surface area contributed by atoms with Crippen molar-refractivity contribution in [1.29, 1.82) is 0 Å². The Kier molecular flexibility index (Phi) is 7.45. The summed E-state index contributed by atoms with van der Waals surface area (Å²) in [6.45, 7) is 11.6. The van der Waals surface area contributed by atoms with Crippen molar-refractivity contribution in [2.24, 2.45) is 5.92 Å². The molecule has 28 heavy (non-hydrogen) atoms. The Bertz CT molecular complexity index is 792. The van der Waals surface area contributed by atoms with Crippen LogP contribution in [0.1, 0.15) is 56.5 Å². The molecule has 1 heterocycles. The van der Waals surface area contributed by atoms with Gasteiger partial charge in [-0.1, -0.05) is 46.8 Å². The lowest BCUT2D eigenvalue weighted by molar-refractivity contribution is 0.0911. The van der Waals surface area contributed by atoms with Crippen molar-refractivity contribution in [3.8, 4) is 5.75 Å². The van der Waals surface area contributed by atoms with Crippen LogP contribution in [0.3, 0.4) is 0 Å². The van der Waals surface area contributed by atoms with Crippen LogP contribution in [0.15, 0.2) is 40.8 Å². The predicted molar refractivity (Wildman–Crippen MR) is 114 cm³/mol. The first-order valence-corrected chi connectivity index (χ1v) is 9.72. The number of benzene rings is 1. The van der Waals surface area contributed by atoms with Gasteiger partial charge >= 0.3 is 5.91 Å². The molecule has 0 bridgehead atoms. The third kappa shape index (κ3) is 6.88. The molecule has 3 N–H and O–H groups in total. The molecular weight excluding hydrogens is 374 g/mol. The number of hydrazine groups is 1. The van der Waals surface area contributed by atoms with Crippen molar-refractivity contribution < 1.29 is 13.9 Å². The van der Waals surface area contributed by atoms with Crippen LogP contribution in [0.25, 0.3) is 0 Å². The van der Waals surface area contributed by atoms with Crippen molar-refractivity contribution in [3.05, 3.63) is 53.5 Å². The number of rotatable bonds is 6. The number of hydrogen-bond donors (Lipinski definition) is 3. The van der Waals surface area contributed by atoms with Crippen molar-refractivity contribution in [1.82, 2.24) is 16.2 Å². The van der Waals surface area contributed by atoms with E-state index in [1.54, 1.807) is 12.1 Å². The number of hydrogen-bond acceptors (Lipinski definition) is 4. The van der Waals surface area contributed by atoms with Gasteiger partial charge < -0.3 is 14.5 Å². The molecule has 7 heteroatoms. The number of nitrogens with one attached hydrogen (secondary N) is 3. The Balaban J connectivity index is 1.81. The van der Waals surface area contributed by atoms with E-state index in [9.17, 15) is 4.79 Å². The SMILES string of the molecule is CC(C)CNC(=S)NNC(=O)c1ccc(COc2ccc(C(C)(C)C)cc2)o1. The van der Waals surface area contributed by atoms with Gasteiger partial charge in [-0.3, -0.25) is 15.6 Å². The standard InChI is InChI=1S/C21H29N3O3S/c1-14(2)12-22-20(28)24-23-19(25)18-11-10-17(27-18)13-26-16-8-6-15(7-9-16)21(3,4)5/h6-11,14H,12-13H2,1-5H3,(H,23,25)(H2,22,24,28). The van der Waals surface area contributed by atoms with E-state index in [0.29, 0.717) is 16.8 Å². The van der Waals surface area contributed by atoms with Crippen LogP contribution < -0.4 is 20.9 Å². The molecule has 1 amide bonds. The van der Waals surface area contributed by atoms with E-state index in [-0.39, 0.29) is 17.8 Å². The van der Waals surface area contributed by atoms with Gasteiger partial charge in [0, 0.05) is 6.54 Å². The molecule has 6 nitrogen and oxygen atoms in total. The highest BCUT2D eigenvalue weighted by Gasteiger charge is 2.14. The average molecular weight is 404 g/mol. The van der Waals surface area contributed by atoms with E-state index in [4.69, 9.17) is 21.4 Å². The van der Waals surface area contributed by atoms with Crippen LogP contribution >= 0.6 is 12.2 Å². The van der Waals surface area contributed by atoms with Gasteiger partial charge in [-0.15, -0.1) is 0 Å². The lowest BCUT2D eigenvalue weighted by atomic mass is 9.87. The highest BCUT2D eigenvalue weighted by molar-refractivity contribution is 7.80. The molecule has 1 aromatic heterocycles. The zero-order valence-electron chi connectivity index (χ0n) is 17.1. The molecule has 0 atom stereocenters. The fourth-order valence-corrected chi connectivity index (χ4v) is 2.43. The molecule has 2 rings (SSSR count). The van der Waals surface area contributed by atoms with Crippen LogP contribution in [0.4, 0.5) is 0 Å². The van der Waals surface area contributed by atoms with Crippen LogP contribution in [0.2, 0.25) is 0 Å². The number of carbonyl (C=O) groups is 1. The van der Waals surface area contributed by atoms with Crippen molar-refractivity contribution in [2.75, 3.05) is 6.54 Å². The number of thiocarbonyl (C=S) groups is 1. The topological polar surface area (TPSA) is 75.5 Å². The molecule has 0 unspecified atom stereocenters. The molecule has 0 saturated heterocycles. The van der Waals surface area contributed by atoms with Crippen LogP contribution in [-0.4, -0.2) is 17.6 Å². The third-order valence-corrected chi connectivity index (χ3v) is 4.19. The van der Waals surface area contributed by atoms with Gasteiger partial charge in [0.25, 0.3) is 0 Å². The van der Waals surface area contributed by atoms with E-state index in [2.05, 4.69) is 62.9 Å². The lowest BCUT2D eigenvalue weighted by Crippen LogP contribution is -2.47. The maximum Gasteiger partial charge on any atom is 0.305 e. The second kappa shape index (κ2) is 9.59. The van der Waals surface area contributed by atoms with Gasteiger partial charge in [0.15, 0.2) is 10.9 Å². The number of amides is 1. The molecule has 0 spiro atoms. The highest BCUT2D eigenvalue weighted by Crippen LogP contribution is 2.24. The van der Waals surface area contributed by atoms with Crippen molar-refractivity contribution >= 4 is 23.2 Å². The van der Waals surface area contributed by atoms with Gasteiger partial charge in [0.2, 0.25) is 0 Å². The van der Waals surface area contributed by atoms with Gasteiger partial charge in [-0.2, -0.15) is 0 Å². The maximum atomic E-state index is 12.1. The Morgan fingerprint density at radius 3 is 2.39 bits per heavy atom. The molecule has 0 fully saturated rings. The zero-order valence-corrected chi connectivity index (χ0v) is 17.9. The first-order chi connectivity index (χ1) is 13.1. The lowest BCUT2D eigenvalue weighted by Gasteiger charge is -2.19. The Morgan fingerprint density at radius 1 is 1.11 bits per heavy atom. The molecule has 0 aliphatic rings. The minimum absolute atomic E-state index is 0.0997. The third-order valence-electron chi connectivity index (χ3n) is 3.95. The Labute approximate surface area is 172 Å². The smallest absolute Gasteiger partial charge is 0.305 e. The number of furan rings is 1. The van der Waals surface area contributed by atoms with Gasteiger partial charge in [-0.05, 0) is 53.4 Å². The zero-order chi connectivity index (χ0) is 20.7. The highest BCUT2D eigenvalue weighted by atomic mass is 32.1. The quantitative estimate of drug-likeness (QED) is 0.501. The molecular formula is C21H29N3O3S. The van der Waals surface area contributed by atoms with E-state index in [1.165, 1.54) is 5.56 Å². The fraction of sp³-hybridized carbons (Fsp3) is 0.429. The average Bonchev–Trinajstić information content (AvgIpc) is 3.11. The summed E-state index contributed by atoms with van der Waals surface area (Å²) in [5.41, 5.74) is 6.49. The molecule has 0 aliphatic carbocycles. The fourth-order valence-electron chi connectivity index (χ4n) is 2.30. The number of ether oxygens (including phenoxy) is 1. The maximum absolute atomic E-state index is 12.1. The van der Waals surface area contributed by atoms with Crippen molar-refractivity contribution in [3.63, 3.8) is 0 Å². The largest absolute Gasteiger partial charge is 0.486 e. The molecule has 0 saturated carbocycles. The van der Waals surface area contributed by atoms with E-state index in [1.807, 2.05) is 12.1 Å². The van der Waals surface area contributed by atoms with Crippen LogP contribution in [-0.2, 0) is 12.0 Å². The minimum Gasteiger partial charge on any atom is -0.486 e. The second-order valence-corrected chi connectivity index (χ2v) is 8.42. The predicted octanol–water partition coefficient (Wildman–Crippen LogP) is 3.92.